The molecular formula is C76H148O17P2. The lowest BCUT2D eigenvalue weighted by molar-refractivity contribution is -0.161. The van der Waals surface area contributed by atoms with Gasteiger partial charge in [0.05, 0.1) is 26.4 Å². The third-order valence-corrected chi connectivity index (χ3v) is 19.5. The van der Waals surface area contributed by atoms with Gasteiger partial charge in [-0.15, -0.1) is 0 Å². The van der Waals surface area contributed by atoms with E-state index in [9.17, 15) is 43.2 Å². The number of unbranched alkanes of at least 4 members (excludes halogenated alkanes) is 39. The molecule has 0 aliphatic rings. The smallest absolute Gasteiger partial charge is 0.462 e. The second-order valence-corrected chi connectivity index (χ2v) is 32.2. The van der Waals surface area contributed by atoms with Crippen molar-refractivity contribution in [3.63, 3.8) is 0 Å². The maximum Gasteiger partial charge on any atom is 0.472 e. The molecule has 5 atom stereocenters. The lowest BCUT2D eigenvalue weighted by Gasteiger charge is -2.21. The summed E-state index contributed by atoms with van der Waals surface area (Å²) in [6, 6.07) is 0. The van der Waals surface area contributed by atoms with Crippen LogP contribution in [0.1, 0.15) is 383 Å². The molecule has 0 aliphatic heterocycles. The number of phosphoric acid groups is 2. The van der Waals surface area contributed by atoms with Gasteiger partial charge in [0.1, 0.15) is 19.3 Å². The van der Waals surface area contributed by atoms with E-state index in [2.05, 4.69) is 55.4 Å². The highest BCUT2D eigenvalue weighted by molar-refractivity contribution is 7.47. The average molecular weight is 1400 g/mol. The van der Waals surface area contributed by atoms with E-state index < -0.39 is 97.5 Å². The molecule has 564 valence electrons. The zero-order valence-electron chi connectivity index (χ0n) is 62.3. The minimum Gasteiger partial charge on any atom is -0.462 e. The van der Waals surface area contributed by atoms with E-state index in [-0.39, 0.29) is 25.7 Å². The van der Waals surface area contributed by atoms with E-state index in [1.165, 1.54) is 180 Å². The Morgan fingerprint density at radius 3 is 0.653 bits per heavy atom. The van der Waals surface area contributed by atoms with Gasteiger partial charge in [-0.1, -0.05) is 331 Å². The number of esters is 4. The van der Waals surface area contributed by atoms with Crippen molar-refractivity contribution in [2.45, 2.75) is 401 Å². The van der Waals surface area contributed by atoms with E-state index in [4.69, 9.17) is 37.0 Å². The first-order valence-corrected chi connectivity index (χ1v) is 42.2. The Hall–Kier alpha value is -1.94. The molecule has 0 heterocycles. The largest absolute Gasteiger partial charge is 0.472 e. The van der Waals surface area contributed by atoms with Gasteiger partial charge in [-0.25, -0.2) is 9.13 Å². The van der Waals surface area contributed by atoms with Gasteiger partial charge in [0.2, 0.25) is 0 Å². The summed E-state index contributed by atoms with van der Waals surface area (Å²) < 4.78 is 68.5. The Kier molecular flexibility index (Phi) is 64.0. The van der Waals surface area contributed by atoms with Crippen LogP contribution >= 0.6 is 15.6 Å². The molecule has 17 nitrogen and oxygen atoms in total. The third-order valence-electron chi connectivity index (χ3n) is 17.6. The molecule has 0 saturated heterocycles. The van der Waals surface area contributed by atoms with Gasteiger partial charge in [-0.2, -0.15) is 0 Å². The highest BCUT2D eigenvalue weighted by Crippen LogP contribution is 2.45. The van der Waals surface area contributed by atoms with Gasteiger partial charge < -0.3 is 33.8 Å². The Balaban J connectivity index is 5.25. The van der Waals surface area contributed by atoms with E-state index in [1.54, 1.807) is 0 Å². The van der Waals surface area contributed by atoms with Crippen LogP contribution in [0.15, 0.2) is 0 Å². The second kappa shape index (κ2) is 65.4. The second-order valence-electron chi connectivity index (χ2n) is 29.3. The molecule has 19 heteroatoms. The maximum absolute atomic E-state index is 13.1. The Bertz CT molecular complexity index is 1870. The van der Waals surface area contributed by atoms with Gasteiger partial charge >= 0.3 is 39.5 Å². The third kappa shape index (κ3) is 70.3. The van der Waals surface area contributed by atoms with Crippen LogP contribution in [0.3, 0.4) is 0 Å². The SMILES string of the molecule is CC(C)CCCCCCCCCCCCCCCCC(=O)O[C@H](COC(=O)CCCCCCCCCC(C)C)COP(=O)(O)OCC(O)COP(=O)(O)OC[C@@H](COC(=O)CCCCCCCCCCCCCC(C)C)OC(=O)CCCCCCCCCCCCCC(C)C. The Morgan fingerprint density at radius 1 is 0.263 bits per heavy atom. The predicted molar refractivity (Wildman–Crippen MR) is 386 cm³/mol. The molecule has 95 heavy (non-hydrogen) atoms. The lowest BCUT2D eigenvalue weighted by Crippen LogP contribution is -2.30. The number of hydrogen-bond acceptors (Lipinski definition) is 15. The standard InChI is InChI=1S/C76H148O17P2/c1-66(2)52-44-36-28-21-15-11-9-10-12-18-25-33-42-50-58-75(80)93-72(63-87-74(79)57-49-41-35-27-31-39-47-55-69(7)8)65-91-95(84,85)89-61-70(77)60-88-94(82,83)90-64-71(92-76(81)59-51-43-34-26-20-14-17-23-30-38-46-54-68(5)6)62-86-73(78)56-48-40-32-24-19-13-16-22-29-37-45-53-67(3)4/h66-72,77H,9-65H2,1-8H3,(H,82,83)(H,84,85)/t70?,71-,72-/m1/s1. The molecule has 0 aromatic rings. The lowest BCUT2D eigenvalue weighted by atomic mass is 10.0. The van der Waals surface area contributed by atoms with Gasteiger partial charge in [-0.3, -0.25) is 37.3 Å². The summed E-state index contributed by atoms with van der Waals surface area (Å²) in [6.07, 6.45) is 50.0. The van der Waals surface area contributed by atoms with Crippen LogP contribution in [0.2, 0.25) is 0 Å². The van der Waals surface area contributed by atoms with Crippen LogP contribution in [0.4, 0.5) is 0 Å². The summed E-state index contributed by atoms with van der Waals surface area (Å²) in [5.41, 5.74) is 0. The summed E-state index contributed by atoms with van der Waals surface area (Å²) in [7, 11) is -9.91. The number of ether oxygens (including phenoxy) is 4. The molecule has 0 fully saturated rings. The van der Waals surface area contributed by atoms with Crippen molar-refractivity contribution < 1.29 is 80.2 Å². The van der Waals surface area contributed by atoms with E-state index in [0.717, 1.165) is 114 Å². The Labute approximate surface area is 581 Å². The van der Waals surface area contributed by atoms with Gasteiger partial charge in [0, 0.05) is 25.7 Å². The molecule has 0 aliphatic carbocycles. The Morgan fingerprint density at radius 2 is 0.442 bits per heavy atom. The number of phosphoric ester groups is 2. The fourth-order valence-corrected chi connectivity index (χ4v) is 13.1. The number of carbonyl (C=O) groups excluding carboxylic acids is 4. The molecule has 0 saturated carbocycles. The normalized spacial score (nSPS) is 14.1. The fourth-order valence-electron chi connectivity index (χ4n) is 11.6. The van der Waals surface area contributed by atoms with Crippen LogP contribution < -0.4 is 0 Å². The molecule has 0 aromatic heterocycles. The van der Waals surface area contributed by atoms with Crippen molar-refractivity contribution in [1.82, 2.24) is 0 Å². The topological polar surface area (TPSA) is 237 Å². The molecular weight excluding hydrogens is 1250 g/mol. The van der Waals surface area contributed by atoms with Crippen molar-refractivity contribution >= 4 is 39.5 Å². The quantitative estimate of drug-likeness (QED) is 0.0222. The molecule has 0 amide bonds. The van der Waals surface area contributed by atoms with Crippen LogP contribution in [0.5, 0.6) is 0 Å². The first-order valence-electron chi connectivity index (χ1n) is 39.2. The van der Waals surface area contributed by atoms with E-state index in [0.29, 0.717) is 31.6 Å². The first-order chi connectivity index (χ1) is 45.6. The summed E-state index contributed by atoms with van der Waals surface area (Å²) in [4.78, 5) is 72.8. The summed E-state index contributed by atoms with van der Waals surface area (Å²) in [6.45, 7) is 14.2. The van der Waals surface area contributed by atoms with Crippen LogP contribution in [0, 0.1) is 23.7 Å². The van der Waals surface area contributed by atoms with E-state index >= 15 is 0 Å². The van der Waals surface area contributed by atoms with Crippen molar-refractivity contribution in [3.05, 3.63) is 0 Å². The molecule has 0 radical (unpaired) electrons. The number of aliphatic hydroxyl groups excluding tert-OH is 1. The zero-order valence-corrected chi connectivity index (χ0v) is 64.1. The van der Waals surface area contributed by atoms with Crippen molar-refractivity contribution in [1.29, 1.82) is 0 Å². The van der Waals surface area contributed by atoms with Crippen molar-refractivity contribution in [3.8, 4) is 0 Å². The maximum atomic E-state index is 13.1. The number of carbonyl (C=O) groups is 4. The number of rotatable bonds is 73. The van der Waals surface area contributed by atoms with Gasteiger partial charge in [0.25, 0.3) is 0 Å². The van der Waals surface area contributed by atoms with Crippen molar-refractivity contribution in [2.24, 2.45) is 23.7 Å². The average Bonchev–Trinajstić information content (AvgIpc) is 1.58. The van der Waals surface area contributed by atoms with Crippen LogP contribution in [-0.2, 0) is 65.4 Å². The van der Waals surface area contributed by atoms with E-state index in [1.807, 2.05) is 0 Å². The molecule has 3 N–H and O–H groups in total. The number of aliphatic hydroxyl groups is 1. The van der Waals surface area contributed by atoms with Gasteiger partial charge in [-0.05, 0) is 49.4 Å². The van der Waals surface area contributed by atoms with Gasteiger partial charge in [0.15, 0.2) is 12.2 Å². The minimum absolute atomic E-state index is 0.106. The summed E-state index contributed by atoms with van der Waals surface area (Å²) >= 11 is 0. The molecule has 0 rings (SSSR count). The first kappa shape index (κ1) is 93.1. The molecule has 0 spiro atoms. The van der Waals surface area contributed by atoms with Crippen LogP contribution in [-0.4, -0.2) is 96.7 Å². The highest BCUT2D eigenvalue weighted by Gasteiger charge is 2.30. The monoisotopic (exact) mass is 1400 g/mol. The fraction of sp³-hybridized carbons (Fsp3) is 0.947. The predicted octanol–water partition coefficient (Wildman–Crippen LogP) is 22.0. The number of hydrogen-bond donors (Lipinski definition) is 3. The summed E-state index contributed by atoms with van der Waals surface area (Å²) in [5.74, 6) is 0.916. The summed E-state index contributed by atoms with van der Waals surface area (Å²) in [5, 5.41) is 10.6. The minimum atomic E-state index is -4.96. The highest BCUT2D eigenvalue weighted by atomic mass is 31.2. The zero-order chi connectivity index (χ0) is 70.3. The van der Waals surface area contributed by atoms with Crippen molar-refractivity contribution in [2.75, 3.05) is 39.6 Å². The molecule has 3 unspecified atom stereocenters. The van der Waals surface area contributed by atoms with Crippen LogP contribution in [0.25, 0.3) is 0 Å². The molecule has 0 aromatic carbocycles. The molecule has 0 bridgehead atoms.